The molecule has 72 valence electrons. The summed E-state index contributed by atoms with van der Waals surface area (Å²) in [4.78, 5) is 10.8. The summed E-state index contributed by atoms with van der Waals surface area (Å²) in [7, 11) is 0. The topological polar surface area (TPSA) is 61.7 Å². The van der Waals surface area contributed by atoms with Gasteiger partial charge in [-0.3, -0.25) is 4.79 Å². The van der Waals surface area contributed by atoms with E-state index in [2.05, 4.69) is 10.5 Å². The molecule has 0 fully saturated rings. The fourth-order valence-corrected chi connectivity index (χ4v) is 1.39. The summed E-state index contributed by atoms with van der Waals surface area (Å²) in [5, 5.41) is 13.4. The third-order valence-electron chi connectivity index (χ3n) is 2.12. The highest BCUT2D eigenvalue weighted by Gasteiger charge is 2.15. The summed E-state index contributed by atoms with van der Waals surface area (Å²) < 4.78 is 0. The van der Waals surface area contributed by atoms with Gasteiger partial charge in [-0.05, 0) is 12.1 Å². The van der Waals surface area contributed by atoms with Crippen molar-refractivity contribution in [2.75, 3.05) is 0 Å². The summed E-state index contributed by atoms with van der Waals surface area (Å²) in [6.45, 7) is 0. The highest BCUT2D eigenvalue weighted by molar-refractivity contribution is 6.05. The predicted molar refractivity (Wildman–Crippen MR) is 52.0 cm³/mol. The smallest absolute Gasteiger partial charge is 0.240 e. The lowest BCUT2D eigenvalue weighted by atomic mass is 10.0. The Morgan fingerprint density at radius 3 is 2.71 bits per heavy atom. The van der Waals surface area contributed by atoms with Crippen LogP contribution in [0.1, 0.15) is 18.4 Å². The molecule has 0 bridgehead atoms. The van der Waals surface area contributed by atoms with E-state index in [0.717, 1.165) is 5.71 Å². The van der Waals surface area contributed by atoms with Gasteiger partial charge in [0.25, 0.3) is 0 Å². The van der Waals surface area contributed by atoms with Gasteiger partial charge >= 0.3 is 0 Å². The van der Waals surface area contributed by atoms with E-state index in [-0.39, 0.29) is 11.7 Å². The largest absolute Gasteiger partial charge is 0.507 e. The number of aromatic hydroxyl groups is 1. The van der Waals surface area contributed by atoms with Gasteiger partial charge in [-0.2, -0.15) is 5.10 Å². The van der Waals surface area contributed by atoms with E-state index in [0.29, 0.717) is 18.4 Å². The summed E-state index contributed by atoms with van der Waals surface area (Å²) in [6.07, 6.45) is 0.997. The minimum absolute atomic E-state index is 0.0795. The van der Waals surface area contributed by atoms with Crippen molar-refractivity contribution in [3.63, 3.8) is 0 Å². The number of hydrogen-bond acceptors (Lipinski definition) is 3. The van der Waals surface area contributed by atoms with Gasteiger partial charge in [-0.15, -0.1) is 0 Å². The van der Waals surface area contributed by atoms with E-state index in [4.69, 9.17) is 0 Å². The van der Waals surface area contributed by atoms with E-state index >= 15 is 0 Å². The second-order valence-corrected chi connectivity index (χ2v) is 3.11. The number of carbonyl (C=O) groups is 1. The van der Waals surface area contributed by atoms with Crippen LogP contribution in [-0.2, 0) is 4.79 Å². The Balaban J connectivity index is 2.32. The zero-order valence-corrected chi connectivity index (χ0v) is 7.53. The maximum atomic E-state index is 10.8. The average Bonchev–Trinajstić information content (AvgIpc) is 2.20. The number of rotatable bonds is 1. The Bertz CT molecular complexity index is 399. The molecule has 1 amide bonds. The maximum absolute atomic E-state index is 10.8. The zero-order valence-electron chi connectivity index (χ0n) is 7.53. The Morgan fingerprint density at radius 2 is 2.07 bits per heavy atom. The maximum Gasteiger partial charge on any atom is 0.240 e. The Kier molecular flexibility index (Phi) is 2.18. The fraction of sp³-hybridized carbons (Fsp3) is 0.200. The van der Waals surface area contributed by atoms with Gasteiger partial charge < -0.3 is 5.11 Å². The first-order valence-electron chi connectivity index (χ1n) is 4.41. The second-order valence-electron chi connectivity index (χ2n) is 3.11. The quantitative estimate of drug-likeness (QED) is 0.694. The highest BCUT2D eigenvalue weighted by Crippen LogP contribution is 2.19. The van der Waals surface area contributed by atoms with Crippen LogP contribution in [0.3, 0.4) is 0 Å². The van der Waals surface area contributed by atoms with Gasteiger partial charge in [0.2, 0.25) is 5.91 Å². The molecule has 14 heavy (non-hydrogen) atoms. The first-order valence-corrected chi connectivity index (χ1v) is 4.41. The summed E-state index contributed by atoms with van der Waals surface area (Å²) in [5.74, 6) is 0.117. The van der Waals surface area contributed by atoms with Crippen molar-refractivity contribution < 1.29 is 9.90 Å². The van der Waals surface area contributed by atoms with Crippen molar-refractivity contribution in [1.82, 2.24) is 5.43 Å². The van der Waals surface area contributed by atoms with Gasteiger partial charge in [-0.25, -0.2) is 5.43 Å². The van der Waals surface area contributed by atoms with Crippen LogP contribution in [0.15, 0.2) is 29.4 Å². The van der Waals surface area contributed by atoms with Gasteiger partial charge in [0, 0.05) is 18.4 Å². The van der Waals surface area contributed by atoms with E-state index in [1.54, 1.807) is 18.2 Å². The third kappa shape index (κ3) is 1.59. The van der Waals surface area contributed by atoms with Crippen LogP contribution >= 0.6 is 0 Å². The molecule has 1 heterocycles. The predicted octanol–water partition coefficient (Wildman–Crippen LogP) is 1.01. The van der Waals surface area contributed by atoms with Crippen LogP contribution in [0.5, 0.6) is 5.75 Å². The van der Waals surface area contributed by atoms with Crippen molar-refractivity contribution in [2.24, 2.45) is 5.10 Å². The highest BCUT2D eigenvalue weighted by atomic mass is 16.3. The van der Waals surface area contributed by atoms with Crippen LogP contribution < -0.4 is 5.43 Å². The molecule has 4 nitrogen and oxygen atoms in total. The van der Waals surface area contributed by atoms with E-state index in [1.165, 1.54) is 0 Å². The van der Waals surface area contributed by atoms with Crippen molar-refractivity contribution in [2.45, 2.75) is 12.8 Å². The standard InChI is InChI=1S/C10H10N2O2/c13-9-4-2-1-3-7(9)8-5-6-10(14)12-11-8/h1-4,13H,5-6H2,(H,12,14). The first kappa shape index (κ1) is 8.74. The van der Waals surface area contributed by atoms with Crippen molar-refractivity contribution in [3.8, 4) is 5.75 Å². The number of amides is 1. The summed E-state index contributed by atoms with van der Waals surface area (Å²) in [5.41, 5.74) is 3.81. The minimum atomic E-state index is -0.0795. The molecular formula is C10H10N2O2. The number of para-hydroxylation sites is 1. The Labute approximate surface area is 81.3 Å². The van der Waals surface area contributed by atoms with E-state index in [9.17, 15) is 9.90 Å². The average molecular weight is 190 g/mol. The zero-order chi connectivity index (χ0) is 9.97. The van der Waals surface area contributed by atoms with Crippen molar-refractivity contribution in [3.05, 3.63) is 29.8 Å². The molecule has 1 aromatic carbocycles. The molecule has 0 saturated heterocycles. The van der Waals surface area contributed by atoms with E-state index < -0.39 is 0 Å². The molecular weight excluding hydrogens is 180 g/mol. The lowest BCUT2D eigenvalue weighted by Crippen LogP contribution is -2.25. The lowest BCUT2D eigenvalue weighted by molar-refractivity contribution is -0.121. The van der Waals surface area contributed by atoms with Crippen LogP contribution in [0, 0.1) is 0 Å². The van der Waals surface area contributed by atoms with Gasteiger partial charge in [0.1, 0.15) is 5.75 Å². The minimum Gasteiger partial charge on any atom is -0.507 e. The number of carbonyl (C=O) groups excluding carboxylic acids is 1. The Hall–Kier alpha value is -1.84. The van der Waals surface area contributed by atoms with Crippen LogP contribution in [-0.4, -0.2) is 16.7 Å². The molecule has 4 heteroatoms. The molecule has 1 aliphatic heterocycles. The van der Waals surface area contributed by atoms with Crippen LogP contribution in [0.2, 0.25) is 0 Å². The number of nitrogens with one attached hydrogen (secondary N) is 1. The fourth-order valence-electron chi connectivity index (χ4n) is 1.39. The number of nitrogens with zero attached hydrogens (tertiary/aromatic N) is 1. The molecule has 2 N–H and O–H groups in total. The first-order chi connectivity index (χ1) is 6.77. The summed E-state index contributed by atoms with van der Waals surface area (Å²) in [6, 6.07) is 6.97. The molecule has 2 rings (SSSR count). The number of benzene rings is 1. The molecule has 1 aromatic rings. The molecule has 0 spiro atoms. The molecule has 0 aliphatic carbocycles. The van der Waals surface area contributed by atoms with Crippen molar-refractivity contribution >= 4 is 11.6 Å². The molecule has 0 aromatic heterocycles. The molecule has 0 saturated carbocycles. The number of hydrazone groups is 1. The van der Waals surface area contributed by atoms with Gasteiger partial charge in [-0.1, -0.05) is 12.1 Å². The van der Waals surface area contributed by atoms with Gasteiger partial charge in [0.15, 0.2) is 0 Å². The van der Waals surface area contributed by atoms with E-state index in [1.807, 2.05) is 6.07 Å². The van der Waals surface area contributed by atoms with Gasteiger partial charge in [0.05, 0.1) is 5.71 Å². The monoisotopic (exact) mass is 190 g/mol. The SMILES string of the molecule is O=C1CCC(c2ccccc2O)=NN1. The van der Waals surface area contributed by atoms with Crippen LogP contribution in [0.25, 0.3) is 0 Å². The normalized spacial score (nSPS) is 16.0. The number of phenolic OH excluding ortho intramolecular Hbond substituents is 1. The third-order valence-corrected chi connectivity index (χ3v) is 2.12. The van der Waals surface area contributed by atoms with Crippen LogP contribution in [0.4, 0.5) is 0 Å². The lowest BCUT2D eigenvalue weighted by Gasteiger charge is -2.12. The molecule has 0 atom stereocenters. The van der Waals surface area contributed by atoms with Crippen molar-refractivity contribution in [1.29, 1.82) is 0 Å². The molecule has 0 radical (unpaired) electrons. The second kappa shape index (κ2) is 3.49. The summed E-state index contributed by atoms with van der Waals surface area (Å²) >= 11 is 0. The molecule has 0 unspecified atom stereocenters. The Morgan fingerprint density at radius 1 is 1.29 bits per heavy atom. The number of phenols is 1. The number of hydrogen-bond donors (Lipinski definition) is 2. The molecule has 1 aliphatic rings.